The number of piperazine rings is 1. The summed E-state index contributed by atoms with van der Waals surface area (Å²) >= 11 is 0. The fourth-order valence-electron chi connectivity index (χ4n) is 4.91. The van der Waals surface area contributed by atoms with E-state index in [1.807, 2.05) is 0 Å². The molecule has 8 nitrogen and oxygen atoms in total. The van der Waals surface area contributed by atoms with Gasteiger partial charge in [0.05, 0.1) is 6.54 Å². The summed E-state index contributed by atoms with van der Waals surface area (Å²) in [6, 6.07) is 5.72. The Balaban J connectivity index is 1.32. The third-order valence-corrected chi connectivity index (χ3v) is 6.85. The number of benzene rings is 1. The summed E-state index contributed by atoms with van der Waals surface area (Å²) in [6.07, 6.45) is 3.20. The van der Waals surface area contributed by atoms with Crippen LogP contribution in [0.25, 0.3) is 0 Å². The molecule has 0 bridgehead atoms. The van der Waals surface area contributed by atoms with Gasteiger partial charge in [-0.05, 0) is 42.9 Å². The van der Waals surface area contributed by atoms with Crippen molar-refractivity contribution in [2.45, 2.75) is 32.0 Å². The fraction of sp³-hybridized carbons (Fsp3) is 0.522. The van der Waals surface area contributed by atoms with E-state index in [2.05, 4.69) is 10.2 Å². The summed E-state index contributed by atoms with van der Waals surface area (Å²) in [7, 11) is 0. The van der Waals surface area contributed by atoms with E-state index in [4.69, 9.17) is 0 Å². The van der Waals surface area contributed by atoms with Crippen molar-refractivity contribution in [3.05, 3.63) is 47.1 Å². The Morgan fingerprint density at radius 3 is 2.59 bits per heavy atom. The number of rotatable bonds is 5. The van der Waals surface area contributed by atoms with E-state index in [1.54, 1.807) is 21.9 Å². The molecule has 4 aliphatic rings. The summed E-state index contributed by atoms with van der Waals surface area (Å²) in [5, 5.41) is 13.3. The van der Waals surface area contributed by atoms with Gasteiger partial charge in [-0.3, -0.25) is 19.3 Å². The van der Waals surface area contributed by atoms with E-state index in [0.29, 0.717) is 24.6 Å². The normalized spacial score (nSPS) is 26.2. The van der Waals surface area contributed by atoms with Crippen molar-refractivity contribution in [1.82, 2.24) is 20.0 Å². The van der Waals surface area contributed by atoms with E-state index in [9.17, 15) is 23.9 Å². The van der Waals surface area contributed by atoms with Gasteiger partial charge in [-0.2, -0.15) is 0 Å². The van der Waals surface area contributed by atoms with Crippen LogP contribution in [0.1, 0.15) is 24.8 Å². The van der Waals surface area contributed by atoms with Crippen molar-refractivity contribution in [2.24, 2.45) is 11.8 Å². The summed E-state index contributed by atoms with van der Waals surface area (Å²) in [4.78, 5) is 44.5. The van der Waals surface area contributed by atoms with E-state index in [0.717, 1.165) is 19.5 Å². The number of amides is 2. The number of Topliss-reactive ketones (excluding diaryl/α,β-unsaturated/α-hetero) is 1. The average Bonchev–Trinajstić information content (AvgIpc) is 3.60. The first-order valence-electron chi connectivity index (χ1n) is 11.2. The van der Waals surface area contributed by atoms with Gasteiger partial charge in [0.1, 0.15) is 23.6 Å². The number of aliphatic hydroxyl groups excluding tert-OH is 1. The summed E-state index contributed by atoms with van der Waals surface area (Å²) in [5.74, 6) is -2.99. The molecule has 5 rings (SSSR count). The quantitative estimate of drug-likeness (QED) is 0.661. The van der Waals surface area contributed by atoms with Gasteiger partial charge in [0, 0.05) is 32.7 Å². The minimum atomic E-state index is -1.10. The number of hydrogen-bond acceptors (Lipinski definition) is 6. The fourth-order valence-corrected chi connectivity index (χ4v) is 4.91. The van der Waals surface area contributed by atoms with E-state index in [1.165, 1.54) is 25.0 Å². The number of halogens is 1. The molecular formula is C23H27FN4O4. The molecule has 0 spiro atoms. The third kappa shape index (κ3) is 3.85. The number of allylic oxidation sites excluding steroid dienone is 1. The summed E-state index contributed by atoms with van der Waals surface area (Å²) in [6.45, 7) is 3.14. The Labute approximate surface area is 185 Å². The third-order valence-electron chi connectivity index (χ3n) is 6.85. The lowest BCUT2D eigenvalue weighted by Gasteiger charge is -2.51. The van der Waals surface area contributed by atoms with Crippen LogP contribution >= 0.6 is 0 Å². The molecule has 3 aliphatic heterocycles. The smallest absolute Gasteiger partial charge is 0.275 e. The van der Waals surface area contributed by atoms with Crippen molar-refractivity contribution >= 4 is 17.6 Å². The molecular weight excluding hydrogens is 415 g/mol. The molecule has 1 aliphatic carbocycles. The molecule has 0 aromatic heterocycles. The lowest BCUT2D eigenvalue weighted by Crippen LogP contribution is -2.66. The molecule has 2 saturated heterocycles. The average molecular weight is 442 g/mol. The van der Waals surface area contributed by atoms with Crippen LogP contribution in [0.15, 0.2) is 35.7 Å². The molecule has 3 fully saturated rings. The number of nitrogens with zero attached hydrogens (tertiary/aromatic N) is 3. The van der Waals surface area contributed by atoms with Gasteiger partial charge in [0.15, 0.2) is 5.76 Å². The van der Waals surface area contributed by atoms with E-state index < -0.39 is 23.4 Å². The first kappa shape index (κ1) is 20.9. The molecule has 0 radical (unpaired) electrons. The predicted octanol–water partition coefficient (Wildman–Crippen LogP) is 0.996. The van der Waals surface area contributed by atoms with Crippen LogP contribution in [0.5, 0.6) is 0 Å². The molecule has 2 amide bonds. The first-order chi connectivity index (χ1) is 15.4. The van der Waals surface area contributed by atoms with Crippen molar-refractivity contribution in [2.75, 3.05) is 32.7 Å². The van der Waals surface area contributed by atoms with Gasteiger partial charge in [-0.15, -0.1) is 0 Å². The van der Waals surface area contributed by atoms with Crippen LogP contribution in [0.2, 0.25) is 0 Å². The second kappa shape index (κ2) is 8.20. The largest absolute Gasteiger partial charge is 0.503 e. The number of nitrogens with one attached hydrogen (secondary N) is 1. The van der Waals surface area contributed by atoms with Crippen LogP contribution in [-0.4, -0.2) is 76.3 Å². The Bertz CT molecular complexity index is 975. The number of fused-ring (bicyclic) bond motifs is 2. The number of ketones is 1. The molecule has 170 valence electrons. The van der Waals surface area contributed by atoms with E-state index >= 15 is 0 Å². The van der Waals surface area contributed by atoms with Gasteiger partial charge in [0.2, 0.25) is 11.7 Å². The Morgan fingerprint density at radius 2 is 1.88 bits per heavy atom. The SMILES string of the molecule is O=C(NCc1ccc(F)cc1)C1CN2CC3N(CC4CC4)CCCN3C(=O)C2=C(O)C1=O. The highest BCUT2D eigenvalue weighted by molar-refractivity contribution is 6.13. The molecule has 9 heteroatoms. The second-order valence-electron chi connectivity index (χ2n) is 9.13. The minimum Gasteiger partial charge on any atom is -0.503 e. The monoisotopic (exact) mass is 442 g/mol. The molecule has 3 heterocycles. The Kier molecular flexibility index (Phi) is 5.36. The predicted molar refractivity (Wildman–Crippen MR) is 112 cm³/mol. The zero-order valence-electron chi connectivity index (χ0n) is 17.8. The molecule has 1 aromatic carbocycles. The molecule has 2 unspecified atom stereocenters. The Morgan fingerprint density at radius 1 is 1.12 bits per heavy atom. The first-order valence-corrected chi connectivity index (χ1v) is 11.2. The lowest BCUT2D eigenvalue weighted by atomic mass is 9.92. The number of aliphatic hydroxyl groups is 1. The number of hydrogen-bond donors (Lipinski definition) is 2. The van der Waals surface area contributed by atoms with Crippen molar-refractivity contribution in [3.63, 3.8) is 0 Å². The zero-order valence-corrected chi connectivity index (χ0v) is 17.8. The highest BCUT2D eigenvalue weighted by atomic mass is 19.1. The lowest BCUT2D eigenvalue weighted by molar-refractivity contribution is -0.150. The van der Waals surface area contributed by atoms with Gasteiger partial charge in [-0.25, -0.2) is 4.39 Å². The van der Waals surface area contributed by atoms with Crippen molar-refractivity contribution in [1.29, 1.82) is 0 Å². The number of carbonyl (C=O) groups is 3. The van der Waals surface area contributed by atoms with Crippen LogP contribution in [-0.2, 0) is 20.9 Å². The van der Waals surface area contributed by atoms with Crippen LogP contribution < -0.4 is 5.32 Å². The molecule has 2 N–H and O–H groups in total. The van der Waals surface area contributed by atoms with Crippen molar-refractivity contribution in [3.8, 4) is 0 Å². The Hall–Kier alpha value is -2.94. The highest BCUT2D eigenvalue weighted by Gasteiger charge is 2.49. The highest BCUT2D eigenvalue weighted by Crippen LogP contribution is 2.35. The van der Waals surface area contributed by atoms with Gasteiger partial charge in [-0.1, -0.05) is 12.1 Å². The van der Waals surface area contributed by atoms with Gasteiger partial charge >= 0.3 is 0 Å². The maximum Gasteiger partial charge on any atom is 0.275 e. The minimum absolute atomic E-state index is 0.0158. The molecule has 1 aromatic rings. The van der Waals surface area contributed by atoms with Crippen LogP contribution in [0, 0.1) is 17.7 Å². The van der Waals surface area contributed by atoms with Crippen LogP contribution in [0.4, 0.5) is 4.39 Å². The molecule has 2 atom stereocenters. The summed E-state index contributed by atoms with van der Waals surface area (Å²) < 4.78 is 13.1. The molecule has 1 saturated carbocycles. The standard InChI is InChI=1S/C23H27FN4O4/c24-16-6-4-14(5-7-16)10-25-22(31)17-12-27-13-18-26(11-15-2-3-15)8-1-9-28(18)23(32)19(27)21(30)20(17)29/h4-7,15,17-18,30H,1-3,8-13H2,(H,25,31). The summed E-state index contributed by atoms with van der Waals surface area (Å²) in [5.41, 5.74) is 0.715. The molecule has 32 heavy (non-hydrogen) atoms. The second-order valence-corrected chi connectivity index (χ2v) is 9.13. The maximum absolute atomic E-state index is 13.2. The maximum atomic E-state index is 13.2. The van der Waals surface area contributed by atoms with Crippen molar-refractivity contribution < 1.29 is 23.9 Å². The zero-order chi connectivity index (χ0) is 22.4. The van der Waals surface area contributed by atoms with E-state index in [-0.39, 0.29) is 36.7 Å². The van der Waals surface area contributed by atoms with Gasteiger partial charge < -0.3 is 20.2 Å². The topological polar surface area (TPSA) is 93.2 Å². The van der Waals surface area contributed by atoms with Gasteiger partial charge in [0.25, 0.3) is 5.91 Å². The number of carbonyl (C=O) groups excluding carboxylic acids is 3. The van der Waals surface area contributed by atoms with Crippen LogP contribution in [0.3, 0.4) is 0 Å².